The van der Waals surface area contributed by atoms with Gasteiger partial charge in [-0.1, -0.05) is 12.8 Å². The molecular formula is C16H22F2. The summed E-state index contributed by atoms with van der Waals surface area (Å²) in [4.78, 5) is 0. The maximum absolute atomic E-state index is 14.4. The average Bonchev–Trinajstić information content (AvgIpc) is 3.14. The van der Waals surface area contributed by atoms with Crippen LogP contribution in [0.1, 0.15) is 51.4 Å². The lowest BCUT2D eigenvalue weighted by molar-refractivity contribution is 0.269. The Morgan fingerprint density at radius 3 is 1.33 bits per heavy atom. The quantitative estimate of drug-likeness (QED) is 0.648. The summed E-state index contributed by atoms with van der Waals surface area (Å²) in [5.74, 6) is 1.53. The average molecular weight is 252 g/mol. The molecule has 0 nitrogen and oxygen atoms in total. The smallest absolute Gasteiger partial charge is 0.135 e. The Kier molecular flexibility index (Phi) is 2.57. The lowest BCUT2D eigenvalue weighted by Gasteiger charge is -2.25. The van der Waals surface area contributed by atoms with Crippen molar-refractivity contribution in [2.24, 2.45) is 35.5 Å². The molecule has 4 aliphatic carbocycles. The van der Waals surface area contributed by atoms with Crippen LogP contribution in [0.3, 0.4) is 0 Å². The highest BCUT2D eigenvalue weighted by molar-refractivity contribution is 5.16. The maximum Gasteiger partial charge on any atom is 0.135 e. The van der Waals surface area contributed by atoms with Crippen molar-refractivity contribution in [3.05, 3.63) is 11.7 Å². The summed E-state index contributed by atoms with van der Waals surface area (Å²) >= 11 is 0. The van der Waals surface area contributed by atoms with Gasteiger partial charge in [0.15, 0.2) is 0 Å². The zero-order chi connectivity index (χ0) is 12.3. The summed E-state index contributed by atoms with van der Waals surface area (Å²) in [5, 5.41) is 0. The van der Waals surface area contributed by atoms with Gasteiger partial charge in [0, 0.05) is 11.8 Å². The lowest BCUT2D eigenvalue weighted by atomic mass is 9.83. The van der Waals surface area contributed by atoms with E-state index in [4.69, 9.17) is 0 Å². The maximum atomic E-state index is 14.4. The molecule has 0 heterocycles. The van der Waals surface area contributed by atoms with Gasteiger partial charge in [0.1, 0.15) is 11.7 Å². The number of rotatable bonds is 2. The molecule has 18 heavy (non-hydrogen) atoms. The normalized spacial score (nSPS) is 51.0. The summed E-state index contributed by atoms with van der Waals surface area (Å²) in [6.07, 6.45) is 8.92. The van der Waals surface area contributed by atoms with Crippen LogP contribution in [0.15, 0.2) is 11.7 Å². The molecule has 0 aliphatic heterocycles. The van der Waals surface area contributed by atoms with E-state index in [2.05, 4.69) is 0 Å². The molecule has 2 heteroatoms. The monoisotopic (exact) mass is 252 g/mol. The van der Waals surface area contributed by atoms with E-state index >= 15 is 0 Å². The van der Waals surface area contributed by atoms with Gasteiger partial charge in [-0.3, -0.25) is 0 Å². The van der Waals surface area contributed by atoms with Crippen LogP contribution in [0.5, 0.6) is 0 Å². The van der Waals surface area contributed by atoms with Gasteiger partial charge < -0.3 is 0 Å². The highest BCUT2D eigenvalue weighted by atomic mass is 19.2. The highest BCUT2D eigenvalue weighted by Crippen LogP contribution is 2.55. The van der Waals surface area contributed by atoms with E-state index in [1.165, 1.54) is 12.8 Å². The third-order valence-electron chi connectivity index (χ3n) is 6.36. The second kappa shape index (κ2) is 4.05. The minimum atomic E-state index is -0.334. The van der Waals surface area contributed by atoms with Gasteiger partial charge in [-0.25, -0.2) is 8.78 Å². The summed E-state index contributed by atoms with van der Waals surface area (Å²) < 4.78 is 28.9. The Hall–Kier alpha value is -0.400. The van der Waals surface area contributed by atoms with Gasteiger partial charge in [0.25, 0.3) is 0 Å². The Bertz CT molecular complexity index is 351. The Balaban J connectivity index is 1.55. The molecule has 0 saturated heterocycles. The van der Waals surface area contributed by atoms with Crippen LogP contribution in [0.2, 0.25) is 0 Å². The second-order valence-electron chi connectivity index (χ2n) is 7.26. The molecule has 4 bridgehead atoms. The van der Waals surface area contributed by atoms with E-state index in [0.717, 1.165) is 38.5 Å². The predicted octanol–water partition coefficient (Wildman–Crippen LogP) is 5.01. The van der Waals surface area contributed by atoms with Crippen LogP contribution < -0.4 is 0 Å². The molecule has 0 aromatic rings. The van der Waals surface area contributed by atoms with Crippen LogP contribution in [-0.4, -0.2) is 0 Å². The Labute approximate surface area is 108 Å². The van der Waals surface area contributed by atoms with Crippen LogP contribution in [0.4, 0.5) is 8.78 Å². The van der Waals surface area contributed by atoms with Crippen molar-refractivity contribution < 1.29 is 8.78 Å². The lowest BCUT2D eigenvalue weighted by Crippen LogP contribution is -2.17. The standard InChI is InChI=1S/C16H22F2/c17-15(13-7-9-1-3-11(13)5-9)16(18)14-8-10-2-4-12(14)6-10/h9-14H,1-8H2/b16-15+/t9-,10+,11+,12-,13+,14-. The van der Waals surface area contributed by atoms with E-state index in [1.54, 1.807) is 0 Å². The molecule has 4 fully saturated rings. The van der Waals surface area contributed by atoms with Crippen LogP contribution in [-0.2, 0) is 0 Å². The first kappa shape index (κ1) is 11.4. The van der Waals surface area contributed by atoms with E-state index < -0.39 is 0 Å². The van der Waals surface area contributed by atoms with Crippen LogP contribution >= 0.6 is 0 Å². The zero-order valence-corrected chi connectivity index (χ0v) is 10.9. The Morgan fingerprint density at radius 2 is 1.06 bits per heavy atom. The number of halogens is 2. The van der Waals surface area contributed by atoms with Crippen LogP contribution in [0, 0.1) is 35.5 Å². The molecular weight excluding hydrogens is 230 g/mol. The topological polar surface area (TPSA) is 0 Å². The van der Waals surface area contributed by atoms with Crippen molar-refractivity contribution in [3.63, 3.8) is 0 Å². The molecule has 100 valence electrons. The first-order chi connectivity index (χ1) is 8.72. The molecule has 0 radical (unpaired) electrons. The number of fused-ring (bicyclic) bond motifs is 4. The molecule has 0 unspecified atom stereocenters. The SMILES string of the molecule is F/C(=C(/F)[C@@H]1C[C@H]2CC[C@@H]1C2)[C@H]1C[C@@H]2CC[C@H]1C2. The van der Waals surface area contributed by atoms with Gasteiger partial charge in [-0.2, -0.15) is 0 Å². The molecule has 0 spiro atoms. The summed E-state index contributed by atoms with van der Waals surface area (Å²) in [6.45, 7) is 0. The summed E-state index contributed by atoms with van der Waals surface area (Å²) in [5.41, 5.74) is 0. The van der Waals surface area contributed by atoms with E-state index in [0.29, 0.717) is 23.7 Å². The third kappa shape index (κ3) is 1.60. The molecule has 0 aromatic carbocycles. The van der Waals surface area contributed by atoms with Crippen molar-refractivity contribution >= 4 is 0 Å². The second-order valence-corrected chi connectivity index (χ2v) is 7.26. The van der Waals surface area contributed by atoms with Crippen LogP contribution in [0.25, 0.3) is 0 Å². The first-order valence-corrected chi connectivity index (χ1v) is 7.77. The van der Waals surface area contributed by atoms with Gasteiger partial charge in [-0.15, -0.1) is 0 Å². The fraction of sp³-hybridized carbons (Fsp3) is 0.875. The minimum absolute atomic E-state index is 0.0529. The van der Waals surface area contributed by atoms with E-state index in [1.807, 2.05) is 0 Å². The van der Waals surface area contributed by atoms with Gasteiger partial charge in [-0.05, 0) is 62.2 Å². The largest absolute Gasteiger partial charge is 0.209 e. The fourth-order valence-corrected chi connectivity index (χ4v) is 5.46. The highest BCUT2D eigenvalue weighted by Gasteiger charge is 2.46. The minimum Gasteiger partial charge on any atom is -0.209 e. The van der Waals surface area contributed by atoms with Crippen molar-refractivity contribution in [2.75, 3.05) is 0 Å². The molecule has 6 atom stereocenters. The first-order valence-electron chi connectivity index (χ1n) is 7.77. The number of allylic oxidation sites excluding steroid dienone is 2. The number of hydrogen-bond donors (Lipinski definition) is 0. The molecule has 0 N–H and O–H groups in total. The molecule has 0 amide bonds. The fourth-order valence-electron chi connectivity index (χ4n) is 5.46. The molecule has 4 rings (SSSR count). The zero-order valence-electron chi connectivity index (χ0n) is 10.9. The molecule has 4 aliphatic rings. The van der Waals surface area contributed by atoms with Crippen molar-refractivity contribution in [1.29, 1.82) is 0 Å². The molecule has 4 saturated carbocycles. The molecule has 0 aromatic heterocycles. The van der Waals surface area contributed by atoms with Gasteiger partial charge >= 0.3 is 0 Å². The third-order valence-corrected chi connectivity index (χ3v) is 6.36. The van der Waals surface area contributed by atoms with Crippen molar-refractivity contribution in [2.45, 2.75) is 51.4 Å². The van der Waals surface area contributed by atoms with E-state index in [9.17, 15) is 8.78 Å². The Morgan fingerprint density at radius 1 is 0.611 bits per heavy atom. The summed E-state index contributed by atoms with van der Waals surface area (Å²) in [6, 6.07) is 0. The van der Waals surface area contributed by atoms with Gasteiger partial charge in [0.2, 0.25) is 0 Å². The summed E-state index contributed by atoms with van der Waals surface area (Å²) in [7, 11) is 0. The predicted molar refractivity (Wildman–Crippen MR) is 67.1 cm³/mol. The van der Waals surface area contributed by atoms with Gasteiger partial charge in [0.05, 0.1) is 0 Å². The van der Waals surface area contributed by atoms with Crippen molar-refractivity contribution in [1.82, 2.24) is 0 Å². The number of hydrogen-bond acceptors (Lipinski definition) is 0. The van der Waals surface area contributed by atoms with E-state index in [-0.39, 0.29) is 23.5 Å². The van der Waals surface area contributed by atoms with Crippen molar-refractivity contribution in [3.8, 4) is 0 Å².